The fourth-order valence-electron chi connectivity index (χ4n) is 2.20. The lowest BCUT2D eigenvalue weighted by Crippen LogP contribution is -2.40. The van der Waals surface area contributed by atoms with Crippen LogP contribution in [0, 0.1) is 0 Å². The van der Waals surface area contributed by atoms with Crippen molar-refractivity contribution in [2.45, 2.75) is 38.4 Å². The number of nitrogens with zero attached hydrogens (tertiary/aromatic N) is 1. The normalized spacial score (nSPS) is 16.4. The van der Waals surface area contributed by atoms with Gasteiger partial charge in [-0.15, -0.1) is 0 Å². The maximum Gasteiger partial charge on any atom is 0.320 e. The number of hydrogen-bond donors (Lipinski definition) is 1. The molecule has 0 saturated heterocycles. The summed E-state index contributed by atoms with van der Waals surface area (Å²) >= 11 is 6.00. The Kier molecular flexibility index (Phi) is 4.32. The molecule has 0 radical (unpaired) electrons. The summed E-state index contributed by atoms with van der Waals surface area (Å²) in [7, 11) is 1.61. The van der Waals surface area contributed by atoms with Crippen LogP contribution >= 0.6 is 11.6 Å². The van der Waals surface area contributed by atoms with Gasteiger partial charge in [-0.05, 0) is 38.0 Å². The van der Waals surface area contributed by atoms with E-state index in [1.165, 1.54) is 0 Å². The van der Waals surface area contributed by atoms with E-state index in [0.717, 1.165) is 24.2 Å². The third-order valence-corrected chi connectivity index (χ3v) is 3.70. The van der Waals surface area contributed by atoms with E-state index in [9.17, 15) is 9.90 Å². The minimum absolute atomic E-state index is 0.356. The molecule has 1 aliphatic rings. The van der Waals surface area contributed by atoms with Gasteiger partial charge in [-0.25, -0.2) is 0 Å². The SMILES string of the molecule is COc1ccc(Cl)cc1CN(C1CC1)C(C)C(=O)O. The van der Waals surface area contributed by atoms with Gasteiger partial charge in [-0.1, -0.05) is 11.6 Å². The van der Waals surface area contributed by atoms with Crippen molar-refractivity contribution in [2.75, 3.05) is 7.11 Å². The molecule has 4 nitrogen and oxygen atoms in total. The van der Waals surface area contributed by atoms with Gasteiger partial charge >= 0.3 is 5.97 Å². The Labute approximate surface area is 117 Å². The highest BCUT2D eigenvalue weighted by Crippen LogP contribution is 2.32. The summed E-state index contributed by atoms with van der Waals surface area (Å²) in [4.78, 5) is 13.2. The van der Waals surface area contributed by atoms with Crippen molar-refractivity contribution in [1.29, 1.82) is 0 Å². The summed E-state index contributed by atoms with van der Waals surface area (Å²) in [6, 6.07) is 5.27. The molecule has 1 saturated carbocycles. The van der Waals surface area contributed by atoms with Crippen LogP contribution in [0.5, 0.6) is 5.75 Å². The van der Waals surface area contributed by atoms with E-state index in [1.807, 2.05) is 17.0 Å². The van der Waals surface area contributed by atoms with E-state index in [0.29, 0.717) is 17.6 Å². The van der Waals surface area contributed by atoms with Gasteiger partial charge in [0.05, 0.1) is 7.11 Å². The molecule has 104 valence electrons. The number of carboxylic acids is 1. The number of rotatable bonds is 6. The second-order valence-corrected chi connectivity index (χ2v) is 5.31. The lowest BCUT2D eigenvalue weighted by molar-refractivity contribution is -0.143. The van der Waals surface area contributed by atoms with Crippen LogP contribution in [-0.2, 0) is 11.3 Å². The number of hydrogen-bond acceptors (Lipinski definition) is 3. The number of ether oxygens (including phenoxy) is 1. The molecule has 19 heavy (non-hydrogen) atoms. The zero-order chi connectivity index (χ0) is 14.0. The minimum Gasteiger partial charge on any atom is -0.496 e. The monoisotopic (exact) mass is 283 g/mol. The molecule has 0 amide bonds. The Balaban J connectivity index is 2.21. The Morgan fingerprint density at radius 2 is 2.26 bits per heavy atom. The Morgan fingerprint density at radius 3 is 2.79 bits per heavy atom. The number of carboxylic acid groups (broad SMARTS) is 1. The predicted molar refractivity (Wildman–Crippen MR) is 73.7 cm³/mol. The Hall–Kier alpha value is -1.26. The third kappa shape index (κ3) is 3.39. The van der Waals surface area contributed by atoms with Crippen molar-refractivity contribution in [3.8, 4) is 5.75 Å². The lowest BCUT2D eigenvalue weighted by atomic mass is 10.1. The molecule has 5 heteroatoms. The van der Waals surface area contributed by atoms with Crippen LogP contribution in [0.4, 0.5) is 0 Å². The molecule has 0 aromatic heterocycles. The van der Waals surface area contributed by atoms with Gasteiger partial charge in [0, 0.05) is 23.2 Å². The van der Waals surface area contributed by atoms with E-state index < -0.39 is 12.0 Å². The van der Waals surface area contributed by atoms with E-state index in [1.54, 1.807) is 20.1 Å². The summed E-state index contributed by atoms with van der Waals surface area (Å²) in [6.45, 7) is 2.26. The van der Waals surface area contributed by atoms with Crippen molar-refractivity contribution in [3.63, 3.8) is 0 Å². The second kappa shape index (κ2) is 5.80. The zero-order valence-electron chi connectivity index (χ0n) is 11.1. The maximum atomic E-state index is 11.2. The molecule has 1 N–H and O–H groups in total. The van der Waals surface area contributed by atoms with Crippen molar-refractivity contribution >= 4 is 17.6 Å². The standard InChI is InChI=1S/C14H18ClNO3/c1-9(14(17)18)16(12-4-5-12)8-10-7-11(15)3-6-13(10)19-2/h3,6-7,9,12H,4-5,8H2,1-2H3,(H,17,18). The minimum atomic E-state index is -0.798. The van der Waals surface area contributed by atoms with Gasteiger partial charge in [0.2, 0.25) is 0 Å². The molecular formula is C14H18ClNO3. The van der Waals surface area contributed by atoms with Gasteiger partial charge in [0.15, 0.2) is 0 Å². The zero-order valence-corrected chi connectivity index (χ0v) is 11.9. The van der Waals surface area contributed by atoms with Gasteiger partial charge in [-0.2, -0.15) is 0 Å². The molecular weight excluding hydrogens is 266 g/mol. The molecule has 1 aromatic rings. The highest BCUT2D eigenvalue weighted by Gasteiger charge is 2.35. The van der Waals surface area contributed by atoms with Crippen LogP contribution in [0.2, 0.25) is 5.02 Å². The average molecular weight is 284 g/mol. The van der Waals surface area contributed by atoms with Gasteiger partial charge in [0.25, 0.3) is 0 Å². The fraction of sp³-hybridized carbons (Fsp3) is 0.500. The summed E-state index contributed by atoms with van der Waals surface area (Å²) in [5.74, 6) is -0.0551. The highest BCUT2D eigenvalue weighted by atomic mass is 35.5. The molecule has 2 rings (SSSR count). The lowest BCUT2D eigenvalue weighted by Gasteiger charge is -2.26. The van der Waals surface area contributed by atoms with Crippen LogP contribution < -0.4 is 4.74 Å². The summed E-state index contributed by atoms with van der Waals surface area (Å²) in [5.41, 5.74) is 0.926. The van der Waals surface area contributed by atoms with Gasteiger partial charge < -0.3 is 9.84 Å². The predicted octanol–water partition coefficient (Wildman–Crippen LogP) is 2.79. The highest BCUT2D eigenvalue weighted by molar-refractivity contribution is 6.30. The summed E-state index contributed by atoms with van der Waals surface area (Å²) in [6.07, 6.45) is 2.11. The van der Waals surface area contributed by atoms with Crippen LogP contribution in [0.3, 0.4) is 0 Å². The molecule has 0 spiro atoms. The van der Waals surface area contributed by atoms with Crippen LogP contribution in [0.1, 0.15) is 25.3 Å². The number of benzene rings is 1. The number of methoxy groups -OCH3 is 1. The van der Waals surface area contributed by atoms with E-state index >= 15 is 0 Å². The molecule has 1 aliphatic carbocycles. The molecule has 1 aromatic carbocycles. The fourth-order valence-corrected chi connectivity index (χ4v) is 2.39. The van der Waals surface area contributed by atoms with E-state index in [-0.39, 0.29) is 0 Å². The first-order valence-electron chi connectivity index (χ1n) is 6.34. The average Bonchev–Trinajstić information content (AvgIpc) is 3.19. The van der Waals surface area contributed by atoms with E-state index in [2.05, 4.69) is 0 Å². The molecule has 0 bridgehead atoms. The third-order valence-electron chi connectivity index (χ3n) is 3.47. The van der Waals surface area contributed by atoms with E-state index in [4.69, 9.17) is 16.3 Å². The number of carbonyl (C=O) groups is 1. The molecule has 1 atom stereocenters. The quantitative estimate of drug-likeness (QED) is 0.872. The topological polar surface area (TPSA) is 49.8 Å². The molecule has 1 fully saturated rings. The van der Waals surface area contributed by atoms with Crippen LogP contribution in [-0.4, -0.2) is 35.2 Å². The van der Waals surface area contributed by atoms with Crippen molar-refractivity contribution in [3.05, 3.63) is 28.8 Å². The maximum absolute atomic E-state index is 11.2. The second-order valence-electron chi connectivity index (χ2n) is 4.87. The van der Waals surface area contributed by atoms with Crippen molar-refractivity contribution < 1.29 is 14.6 Å². The smallest absolute Gasteiger partial charge is 0.320 e. The Bertz CT molecular complexity index is 474. The van der Waals surface area contributed by atoms with Crippen LogP contribution in [0.25, 0.3) is 0 Å². The molecule has 0 aliphatic heterocycles. The number of halogens is 1. The largest absolute Gasteiger partial charge is 0.496 e. The van der Waals surface area contributed by atoms with Gasteiger partial charge in [-0.3, -0.25) is 9.69 Å². The van der Waals surface area contributed by atoms with Crippen molar-refractivity contribution in [2.24, 2.45) is 0 Å². The van der Waals surface area contributed by atoms with Gasteiger partial charge in [0.1, 0.15) is 11.8 Å². The van der Waals surface area contributed by atoms with Crippen molar-refractivity contribution in [1.82, 2.24) is 4.90 Å². The first-order chi connectivity index (χ1) is 9.02. The molecule has 0 heterocycles. The van der Waals surface area contributed by atoms with Crippen LogP contribution in [0.15, 0.2) is 18.2 Å². The first kappa shape index (κ1) is 14.2. The first-order valence-corrected chi connectivity index (χ1v) is 6.71. The Morgan fingerprint density at radius 1 is 1.58 bits per heavy atom. The summed E-state index contributed by atoms with van der Waals surface area (Å²) in [5, 5.41) is 9.82. The number of aliphatic carboxylic acids is 1. The molecule has 1 unspecified atom stereocenters. The summed E-state index contributed by atoms with van der Waals surface area (Å²) < 4.78 is 5.31.